The fraction of sp³-hybridized carbons (Fsp3) is 0.0909. The van der Waals surface area contributed by atoms with E-state index in [1.807, 2.05) is 0 Å². The normalized spacial score (nSPS) is 8.81. The molecule has 0 atom stereocenters. The van der Waals surface area contributed by atoms with Crippen LogP contribution < -0.4 is 39.4 Å². The van der Waals surface area contributed by atoms with Crippen LogP contribution >= 0.6 is 0 Å². The van der Waals surface area contributed by atoms with Crippen molar-refractivity contribution < 1.29 is 49.0 Å². The van der Waals surface area contributed by atoms with Crippen molar-refractivity contribution in [2.24, 2.45) is 0 Å². The Labute approximate surface area is 115 Å². The van der Waals surface area contributed by atoms with Gasteiger partial charge in [-0.3, -0.25) is 0 Å². The Hall–Kier alpha value is -1.10. The van der Waals surface area contributed by atoms with Crippen molar-refractivity contribution in [1.82, 2.24) is 0 Å². The molecule has 0 fully saturated rings. The molecule has 1 aromatic rings. The number of para-hydroxylation sites is 1. The number of rotatable bonds is 3. The third-order valence-electron chi connectivity index (χ3n) is 1.66. The zero-order valence-electron chi connectivity index (χ0n) is 9.15. The van der Waals surface area contributed by atoms with E-state index in [-0.39, 0.29) is 46.4 Å². The van der Waals surface area contributed by atoms with Crippen molar-refractivity contribution in [3.05, 3.63) is 42.0 Å². The average Bonchev–Trinajstić information content (AvgIpc) is 2.18. The van der Waals surface area contributed by atoms with Gasteiger partial charge < -0.3 is 14.6 Å². The van der Waals surface area contributed by atoms with Crippen LogP contribution in [0.25, 0.3) is 0 Å². The predicted molar refractivity (Wildman–Crippen MR) is 51.2 cm³/mol. The van der Waals surface area contributed by atoms with E-state index in [2.05, 4.69) is 6.58 Å². The fourth-order valence-electron chi connectivity index (χ4n) is 0.911. The van der Waals surface area contributed by atoms with E-state index >= 15 is 0 Å². The average molecular weight is 228 g/mol. The molecule has 0 saturated heterocycles. The Morgan fingerprint density at radius 3 is 2.38 bits per heavy atom. The van der Waals surface area contributed by atoms with E-state index < -0.39 is 11.9 Å². The van der Waals surface area contributed by atoms with Gasteiger partial charge in [0.15, 0.2) is 0 Å². The van der Waals surface area contributed by atoms with Gasteiger partial charge in [-0.05, 0) is 19.1 Å². The summed E-state index contributed by atoms with van der Waals surface area (Å²) in [4.78, 5) is 21.8. The van der Waals surface area contributed by atoms with Gasteiger partial charge in [0, 0.05) is 11.1 Å². The van der Waals surface area contributed by atoms with Gasteiger partial charge >= 0.3 is 35.5 Å². The van der Waals surface area contributed by atoms with Crippen LogP contribution in [0.5, 0.6) is 5.75 Å². The van der Waals surface area contributed by atoms with Crippen molar-refractivity contribution in [2.75, 3.05) is 0 Å². The van der Waals surface area contributed by atoms with E-state index in [9.17, 15) is 14.7 Å². The maximum absolute atomic E-state index is 11.2. The maximum Gasteiger partial charge on any atom is 1.00 e. The molecule has 0 aliphatic carbocycles. The SMILES string of the molecule is C=C(C)C(=O)Oc1ccccc1C(=O)[O-].[Na+]. The van der Waals surface area contributed by atoms with Gasteiger partial charge in [-0.2, -0.15) is 0 Å². The quantitative estimate of drug-likeness (QED) is 0.249. The van der Waals surface area contributed by atoms with Gasteiger partial charge in [0.1, 0.15) is 5.75 Å². The molecule has 5 heteroatoms. The van der Waals surface area contributed by atoms with Crippen molar-refractivity contribution in [2.45, 2.75) is 6.92 Å². The molecule has 78 valence electrons. The number of aromatic carboxylic acids is 1. The van der Waals surface area contributed by atoms with Gasteiger partial charge in [0.2, 0.25) is 0 Å². The van der Waals surface area contributed by atoms with E-state index in [0.717, 1.165) is 0 Å². The molecule has 1 aromatic carbocycles. The molecule has 0 radical (unpaired) electrons. The summed E-state index contributed by atoms with van der Waals surface area (Å²) in [5, 5.41) is 10.6. The van der Waals surface area contributed by atoms with Gasteiger partial charge in [-0.15, -0.1) is 0 Å². The molecule has 0 N–H and O–H groups in total. The second kappa shape index (κ2) is 6.48. The summed E-state index contributed by atoms with van der Waals surface area (Å²) in [6.45, 7) is 4.86. The number of esters is 1. The minimum Gasteiger partial charge on any atom is -0.545 e. The molecular weight excluding hydrogens is 219 g/mol. The first-order chi connectivity index (χ1) is 7.02. The van der Waals surface area contributed by atoms with Gasteiger partial charge in [0.05, 0.1) is 5.97 Å². The van der Waals surface area contributed by atoms with Crippen molar-refractivity contribution in [1.29, 1.82) is 0 Å². The molecule has 0 saturated carbocycles. The van der Waals surface area contributed by atoms with Crippen LogP contribution in [0.4, 0.5) is 0 Å². The summed E-state index contributed by atoms with van der Waals surface area (Å²) in [6.07, 6.45) is 0. The topological polar surface area (TPSA) is 66.4 Å². The third-order valence-corrected chi connectivity index (χ3v) is 1.66. The molecule has 0 spiro atoms. The molecule has 0 unspecified atom stereocenters. The molecule has 0 heterocycles. The van der Waals surface area contributed by atoms with Crippen molar-refractivity contribution >= 4 is 11.9 Å². The number of carbonyl (C=O) groups excluding carboxylic acids is 2. The molecule has 0 bridgehead atoms. The maximum atomic E-state index is 11.2. The third kappa shape index (κ3) is 3.81. The Morgan fingerprint density at radius 1 is 1.31 bits per heavy atom. The zero-order chi connectivity index (χ0) is 11.4. The molecule has 1 rings (SSSR count). The number of hydrogen-bond acceptors (Lipinski definition) is 4. The monoisotopic (exact) mass is 228 g/mol. The zero-order valence-corrected chi connectivity index (χ0v) is 11.1. The minimum absolute atomic E-state index is 0. The first-order valence-corrected chi connectivity index (χ1v) is 4.20. The van der Waals surface area contributed by atoms with E-state index in [1.54, 1.807) is 6.07 Å². The summed E-state index contributed by atoms with van der Waals surface area (Å²) in [5.74, 6) is -2.09. The number of carboxylic acid groups (broad SMARTS) is 1. The first-order valence-electron chi connectivity index (χ1n) is 4.20. The van der Waals surface area contributed by atoms with Crippen LogP contribution in [0.3, 0.4) is 0 Å². The standard InChI is InChI=1S/C11H10O4.Na/c1-7(2)11(14)15-9-6-4-3-5-8(9)10(12)13;/h3-6H,1H2,2H3,(H,12,13);/q;+1/p-1. The molecule has 0 aromatic heterocycles. The molecule has 0 aliphatic rings. The molecule has 0 aliphatic heterocycles. The van der Waals surface area contributed by atoms with Crippen LogP contribution in [0, 0.1) is 0 Å². The first kappa shape index (κ1) is 14.9. The van der Waals surface area contributed by atoms with E-state index in [4.69, 9.17) is 4.74 Å². The van der Waals surface area contributed by atoms with Crippen LogP contribution in [0.2, 0.25) is 0 Å². The summed E-state index contributed by atoms with van der Waals surface area (Å²) >= 11 is 0. The Balaban J connectivity index is 0.00000225. The van der Waals surface area contributed by atoms with Crippen LogP contribution in [-0.2, 0) is 4.79 Å². The Kier molecular flexibility index (Phi) is 6.03. The molecular formula is C11H9NaO4. The summed E-state index contributed by atoms with van der Waals surface area (Å²) in [7, 11) is 0. The van der Waals surface area contributed by atoms with E-state index in [1.165, 1.54) is 25.1 Å². The summed E-state index contributed by atoms with van der Waals surface area (Å²) in [6, 6.07) is 5.76. The van der Waals surface area contributed by atoms with Crippen molar-refractivity contribution in [3.8, 4) is 5.75 Å². The smallest absolute Gasteiger partial charge is 0.545 e. The van der Waals surface area contributed by atoms with Crippen LogP contribution in [0.15, 0.2) is 36.4 Å². The Bertz CT molecular complexity index is 426. The van der Waals surface area contributed by atoms with Gasteiger partial charge in [-0.25, -0.2) is 4.79 Å². The summed E-state index contributed by atoms with van der Waals surface area (Å²) < 4.78 is 4.81. The number of hydrogen-bond donors (Lipinski definition) is 0. The Morgan fingerprint density at radius 2 is 1.88 bits per heavy atom. The van der Waals surface area contributed by atoms with Gasteiger partial charge in [0.25, 0.3) is 0 Å². The molecule has 0 amide bonds. The van der Waals surface area contributed by atoms with Crippen LogP contribution in [0.1, 0.15) is 17.3 Å². The fourth-order valence-corrected chi connectivity index (χ4v) is 0.911. The van der Waals surface area contributed by atoms with Gasteiger partial charge in [-0.1, -0.05) is 18.7 Å². The second-order valence-electron chi connectivity index (χ2n) is 2.95. The molecule has 16 heavy (non-hydrogen) atoms. The molecule has 4 nitrogen and oxygen atoms in total. The largest absolute Gasteiger partial charge is 1.00 e. The predicted octanol–water partition coefficient (Wildman–Crippen LogP) is -2.46. The van der Waals surface area contributed by atoms with Crippen LogP contribution in [-0.4, -0.2) is 11.9 Å². The number of ether oxygens (including phenoxy) is 1. The number of carboxylic acids is 1. The number of benzene rings is 1. The second-order valence-corrected chi connectivity index (χ2v) is 2.95. The number of carbonyl (C=O) groups is 2. The minimum atomic E-state index is -1.39. The van der Waals surface area contributed by atoms with E-state index in [0.29, 0.717) is 0 Å². The summed E-state index contributed by atoms with van der Waals surface area (Å²) in [5.41, 5.74) is 0.0373. The van der Waals surface area contributed by atoms with Crippen molar-refractivity contribution in [3.63, 3.8) is 0 Å².